The van der Waals surface area contributed by atoms with Crippen molar-refractivity contribution in [1.82, 2.24) is 0 Å². The largest absolute Gasteiger partial charge is 0.329 e. The molecular weight excluding hydrogens is 581 g/mol. The molecule has 6 aromatic carbocycles. The normalized spacial score (nSPS) is 19.9. The quantitative estimate of drug-likeness (QED) is 0.169. The molecule has 0 radical (unpaired) electrons. The smallest absolute Gasteiger partial charge is 0.0857 e. The van der Waals surface area contributed by atoms with Crippen LogP contribution in [0.4, 0.5) is 17.1 Å². The van der Waals surface area contributed by atoms with E-state index < -0.39 is 0 Å². The maximum absolute atomic E-state index is 2.64. The van der Waals surface area contributed by atoms with Crippen molar-refractivity contribution < 1.29 is 0 Å². The second-order valence-corrected chi connectivity index (χ2v) is 13.8. The highest BCUT2D eigenvalue weighted by atomic mass is 15.2. The Hall–Kier alpha value is -5.86. The van der Waals surface area contributed by atoms with E-state index in [1.165, 1.54) is 100 Å². The minimum absolute atomic E-state index is 0.144. The Kier molecular flexibility index (Phi) is 4.70. The molecule has 2 aliphatic carbocycles. The van der Waals surface area contributed by atoms with Gasteiger partial charge in [0.2, 0.25) is 0 Å². The zero-order chi connectivity index (χ0) is 31.1. The molecule has 0 bridgehead atoms. The van der Waals surface area contributed by atoms with Crippen LogP contribution in [0.1, 0.15) is 52.7 Å². The van der Waals surface area contributed by atoms with Crippen molar-refractivity contribution in [2.75, 3.05) is 9.80 Å². The Bertz CT molecular complexity index is 2410. The van der Waals surface area contributed by atoms with Crippen LogP contribution in [0.25, 0.3) is 44.2 Å². The van der Waals surface area contributed by atoms with E-state index in [1.807, 2.05) is 0 Å². The Labute approximate surface area is 279 Å². The predicted molar refractivity (Wildman–Crippen MR) is 198 cm³/mol. The van der Waals surface area contributed by atoms with Crippen molar-refractivity contribution in [3.8, 4) is 22.3 Å². The van der Waals surface area contributed by atoms with Gasteiger partial charge >= 0.3 is 0 Å². The summed E-state index contributed by atoms with van der Waals surface area (Å²) < 4.78 is 0. The topological polar surface area (TPSA) is 6.48 Å². The second-order valence-electron chi connectivity index (χ2n) is 13.8. The van der Waals surface area contributed by atoms with E-state index in [-0.39, 0.29) is 12.1 Å². The summed E-state index contributed by atoms with van der Waals surface area (Å²) in [6, 6.07) is 46.4. The summed E-state index contributed by atoms with van der Waals surface area (Å²) >= 11 is 0. The molecular formula is C46H30N2. The lowest BCUT2D eigenvalue weighted by molar-refractivity contribution is 0.772. The lowest BCUT2D eigenvalue weighted by Gasteiger charge is -2.46. The number of para-hydroxylation sites is 2. The monoisotopic (exact) mass is 610 g/mol. The van der Waals surface area contributed by atoms with Gasteiger partial charge in [0.25, 0.3) is 0 Å². The first-order valence-electron chi connectivity index (χ1n) is 17.2. The zero-order valence-electron chi connectivity index (χ0n) is 26.3. The fourth-order valence-electron chi connectivity index (χ4n) is 9.95. The van der Waals surface area contributed by atoms with E-state index in [2.05, 4.69) is 155 Å². The number of rotatable bonds is 0. The Balaban J connectivity index is 1.17. The second kappa shape index (κ2) is 8.93. The van der Waals surface area contributed by atoms with Crippen LogP contribution in [0.5, 0.6) is 0 Å². The van der Waals surface area contributed by atoms with Crippen LogP contribution in [0.2, 0.25) is 0 Å². The fraction of sp³-hybridized carbons (Fsp3) is 0.0870. The highest BCUT2D eigenvalue weighted by Crippen LogP contribution is 2.61. The van der Waals surface area contributed by atoms with Gasteiger partial charge in [0.15, 0.2) is 0 Å². The van der Waals surface area contributed by atoms with Gasteiger partial charge < -0.3 is 9.80 Å². The number of hydrogen-bond acceptors (Lipinski definition) is 2. The van der Waals surface area contributed by atoms with E-state index >= 15 is 0 Å². The standard InChI is InChI=1S/C46H30N2/c1-3-14-34-27(11-1)30-18-10-22-40(30)48-42-26-25-32-33(44(42)31-13-2-4-15-36(31)45(34)48)23-24-38-43(32)37-16-6-8-21-41(37)47-39-20-7-5-12-29(39)28-17-9-19-35(28)46(38)47/h1-16,19-26,45-46H,17-18H2. The molecule has 6 aromatic rings. The van der Waals surface area contributed by atoms with Crippen molar-refractivity contribution in [3.05, 3.63) is 185 Å². The Morgan fingerprint density at radius 1 is 0.417 bits per heavy atom. The lowest BCUT2D eigenvalue weighted by atomic mass is 9.75. The molecule has 2 heteroatoms. The van der Waals surface area contributed by atoms with Gasteiger partial charge in [-0.1, -0.05) is 121 Å². The summed E-state index contributed by atoms with van der Waals surface area (Å²) in [4.78, 5) is 5.25. The van der Waals surface area contributed by atoms with E-state index in [1.54, 1.807) is 0 Å². The number of nitrogens with zero attached hydrogens (tertiary/aromatic N) is 2. The molecule has 4 heterocycles. The molecule has 6 aliphatic rings. The molecule has 2 atom stereocenters. The molecule has 0 fully saturated rings. The van der Waals surface area contributed by atoms with Gasteiger partial charge in [-0.2, -0.15) is 0 Å². The first kappa shape index (κ1) is 25.3. The third kappa shape index (κ3) is 2.96. The number of anilines is 3. The number of benzene rings is 6. The summed E-state index contributed by atoms with van der Waals surface area (Å²) in [6.07, 6.45) is 11.4. The summed E-state index contributed by atoms with van der Waals surface area (Å²) in [7, 11) is 0. The van der Waals surface area contributed by atoms with Crippen molar-refractivity contribution in [3.63, 3.8) is 0 Å². The van der Waals surface area contributed by atoms with E-state index in [9.17, 15) is 0 Å². The van der Waals surface area contributed by atoms with Gasteiger partial charge in [0.1, 0.15) is 0 Å². The third-order valence-corrected chi connectivity index (χ3v) is 11.7. The molecule has 0 spiro atoms. The van der Waals surface area contributed by atoms with Crippen LogP contribution in [0.3, 0.4) is 0 Å². The van der Waals surface area contributed by atoms with Gasteiger partial charge in [-0.15, -0.1) is 0 Å². The number of fused-ring (bicyclic) bond motifs is 23. The molecule has 0 aromatic heterocycles. The molecule has 12 rings (SSSR count). The van der Waals surface area contributed by atoms with E-state index in [4.69, 9.17) is 0 Å². The van der Waals surface area contributed by atoms with Crippen molar-refractivity contribution >= 4 is 39.0 Å². The van der Waals surface area contributed by atoms with Crippen molar-refractivity contribution in [2.24, 2.45) is 0 Å². The SMILES string of the molecule is C1=CC2=C(C1)c1ccccc1C1c3ccccc3-c3c(ccc4c5c(ccc34)C3C4=C(CC=C4)c4ccccc4N3c3ccccc3-5)N21. The van der Waals surface area contributed by atoms with Crippen LogP contribution in [-0.2, 0) is 0 Å². The van der Waals surface area contributed by atoms with Crippen LogP contribution in [0, 0.1) is 0 Å². The van der Waals surface area contributed by atoms with Gasteiger partial charge in [0.05, 0.1) is 17.8 Å². The van der Waals surface area contributed by atoms with Crippen molar-refractivity contribution in [2.45, 2.75) is 24.9 Å². The lowest BCUT2D eigenvalue weighted by Crippen LogP contribution is -2.35. The van der Waals surface area contributed by atoms with Crippen LogP contribution in [-0.4, -0.2) is 0 Å². The first-order chi connectivity index (χ1) is 23.9. The average Bonchev–Trinajstić information content (AvgIpc) is 3.85. The highest BCUT2D eigenvalue weighted by molar-refractivity contribution is 6.14. The molecule has 2 nitrogen and oxygen atoms in total. The molecule has 0 saturated heterocycles. The highest BCUT2D eigenvalue weighted by Gasteiger charge is 2.43. The fourth-order valence-corrected chi connectivity index (χ4v) is 9.95. The molecule has 224 valence electrons. The number of allylic oxidation sites excluding steroid dienone is 5. The molecule has 0 amide bonds. The summed E-state index contributed by atoms with van der Waals surface area (Å²) in [6.45, 7) is 0. The summed E-state index contributed by atoms with van der Waals surface area (Å²) in [5, 5.41) is 2.67. The van der Waals surface area contributed by atoms with Crippen molar-refractivity contribution in [1.29, 1.82) is 0 Å². The minimum atomic E-state index is 0.144. The Morgan fingerprint density at radius 3 is 1.90 bits per heavy atom. The Morgan fingerprint density at radius 2 is 1.04 bits per heavy atom. The molecule has 0 N–H and O–H groups in total. The molecule has 0 saturated carbocycles. The van der Waals surface area contributed by atoms with Gasteiger partial charge in [-0.05, 0) is 98.0 Å². The zero-order valence-corrected chi connectivity index (χ0v) is 26.3. The van der Waals surface area contributed by atoms with Crippen LogP contribution < -0.4 is 9.80 Å². The minimum Gasteiger partial charge on any atom is -0.329 e. The van der Waals surface area contributed by atoms with E-state index in [0.717, 1.165) is 12.8 Å². The molecule has 4 aliphatic heterocycles. The van der Waals surface area contributed by atoms with Gasteiger partial charge in [0, 0.05) is 33.8 Å². The van der Waals surface area contributed by atoms with Gasteiger partial charge in [-0.3, -0.25) is 0 Å². The summed E-state index contributed by atoms with van der Waals surface area (Å²) in [5.41, 5.74) is 22.0. The first-order valence-corrected chi connectivity index (χ1v) is 17.2. The molecule has 48 heavy (non-hydrogen) atoms. The maximum Gasteiger partial charge on any atom is 0.0857 e. The third-order valence-electron chi connectivity index (χ3n) is 11.7. The van der Waals surface area contributed by atoms with Gasteiger partial charge in [-0.25, -0.2) is 0 Å². The number of hydrogen-bond donors (Lipinski definition) is 0. The van der Waals surface area contributed by atoms with Crippen LogP contribution in [0.15, 0.2) is 157 Å². The maximum atomic E-state index is 2.64. The predicted octanol–water partition coefficient (Wildman–Crippen LogP) is 11.7. The molecule has 2 unspecified atom stereocenters. The van der Waals surface area contributed by atoms with E-state index in [0.29, 0.717) is 0 Å². The average molecular weight is 611 g/mol. The van der Waals surface area contributed by atoms with Crippen LogP contribution >= 0.6 is 0 Å². The summed E-state index contributed by atoms with van der Waals surface area (Å²) in [5.74, 6) is 0.